The van der Waals surface area contributed by atoms with Crippen LogP contribution in [0.2, 0.25) is 0 Å². The van der Waals surface area contributed by atoms with Crippen LogP contribution in [0.1, 0.15) is 42.0 Å². The molecular formula is C13H16N6O3S. The van der Waals surface area contributed by atoms with Crippen LogP contribution in [0.3, 0.4) is 0 Å². The van der Waals surface area contributed by atoms with Crippen LogP contribution in [0.15, 0.2) is 14.7 Å². The van der Waals surface area contributed by atoms with E-state index >= 15 is 0 Å². The van der Waals surface area contributed by atoms with Crippen molar-refractivity contribution in [2.45, 2.75) is 37.4 Å². The van der Waals surface area contributed by atoms with Crippen molar-refractivity contribution >= 4 is 23.4 Å². The zero-order chi connectivity index (χ0) is 16.6. The van der Waals surface area contributed by atoms with Crippen molar-refractivity contribution in [3.8, 4) is 0 Å². The van der Waals surface area contributed by atoms with Gasteiger partial charge >= 0.3 is 5.69 Å². The average Bonchev–Trinajstić information content (AvgIpc) is 3.21. The number of nitrogens with one attached hydrogen (secondary N) is 2. The molecule has 10 heteroatoms. The van der Waals surface area contributed by atoms with Gasteiger partial charge in [-0.2, -0.15) is 0 Å². The van der Waals surface area contributed by atoms with Crippen molar-refractivity contribution in [1.29, 1.82) is 0 Å². The topological polar surface area (TPSA) is 140 Å². The lowest BCUT2D eigenvalue weighted by Crippen LogP contribution is -2.36. The number of carbonyl (C=O) groups excluding carboxylic acids is 1. The molecule has 2 aromatic heterocycles. The number of hydrogen-bond acceptors (Lipinski definition) is 7. The molecule has 1 aliphatic rings. The zero-order valence-electron chi connectivity index (χ0n) is 12.5. The van der Waals surface area contributed by atoms with Gasteiger partial charge in [0.05, 0.1) is 5.75 Å². The molecule has 3 rings (SSSR count). The van der Waals surface area contributed by atoms with Gasteiger partial charge < -0.3 is 5.73 Å². The highest BCUT2D eigenvalue weighted by molar-refractivity contribution is 7.99. The third-order valence-electron chi connectivity index (χ3n) is 3.55. The van der Waals surface area contributed by atoms with Gasteiger partial charge in [0.2, 0.25) is 5.16 Å². The summed E-state index contributed by atoms with van der Waals surface area (Å²) in [6, 6.07) is -0.0290. The van der Waals surface area contributed by atoms with E-state index in [-0.39, 0.29) is 23.2 Å². The summed E-state index contributed by atoms with van der Waals surface area (Å²) in [5, 5.41) is 7.15. The maximum atomic E-state index is 12.3. The first-order valence-electron chi connectivity index (χ1n) is 7.22. The second kappa shape index (κ2) is 6.03. The minimum atomic E-state index is -0.751. The van der Waals surface area contributed by atoms with Crippen LogP contribution in [0.25, 0.3) is 0 Å². The highest BCUT2D eigenvalue weighted by Crippen LogP contribution is 2.35. The molecule has 0 spiro atoms. The quantitative estimate of drug-likeness (QED) is 0.502. The number of nitrogens with zero attached hydrogens (tertiary/aromatic N) is 3. The summed E-state index contributed by atoms with van der Waals surface area (Å²) in [4.78, 5) is 42.4. The Labute approximate surface area is 134 Å². The molecule has 1 saturated carbocycles. The first-order chi connectivity index (χ1) is 11.0. The maximum absolute atomic E-state index is 12.3. The lowest BCUT2D eigenvalue weighted by molar-refractivity contribution is 0.102. The average molecular weight is 336 g/mol. The number of H-pyrrole nitrogens is 2. The molecule has 0 aromatic carbocycles. The van der Waals surface area contributed by atoms with Crippen LogP contribution < -0.4 is 17.0 Å². The number of ketones is 1. The van der Waals surface area contributed by atoms with Gasteiger partial charge in [-0.05, 0) is 12.8 Å². The Bertz CT molecular complexity index is 863. The van der Waals surface area contributed by atoms with E-state index in [1.165, 1.54) is 4.57 Å². The summed E-state index contributed by atoms with van der Waals surface area (Å²) in [6.07, 6.45) is 2.34. The predicted molar refractivity (Wildman–Crippen MR) is 84.8 cm³/mol. The van der Waals surface area contributed by atoms with E-state index < -0.39 is 17.0 Å². The number of hydrogen-bond donors (Lipinski definition) is 3. The Kier molecular flexibility index (Phi) is 4.07. The van der Waals surface area contributed by atoms with E-state index in [2.05, 4.69) is 20.2 Å². The summed E-state index contributed by atoms with van der Waals surface area (Å²) in [5.74, 6) is 0.179. The van der Waals surface area contributed by atoms with Crippen LogP contribution in [-0.4, -0.2) is 36.3 Å². The predicted octanol–water partition coefficient (Wildman–Crippen LogP) is 0.109. The lowest BCUT2D eigenvalue weighted by Gasteiger charge is -2.10. The minimum absolute atomic E-state index is 0.0290. The van der Waals surface area contributed by atoms with E-state index in [0.717, 1.165) is 30.4 Å². The summed E-state index contributed by atoms with van der Waals surface area (Å²) in [5.41, 5.74) is 4.41. The fraction of sp³-hybridized carbons (Fsp3) is 0.462. The largest absolute Gasteiger partial charge is 0.384 e. The van der Waals surface area contributed by atoms with Crippen molar-refractivity contribution in [3.63, 3.8) is 0 Å². The van der Waals surface area contributed by atoms with Gasteiger partial charge in [-0.15, -0.1) is 5.10 Å². The highest BCUT2D eigenvalue weighted by atomic mass is 32.2. The summed E-state index contributed by atoms with van der Waals surface area (Å²) in [7, 11) is 0. The molecule has 1 fully saturated rings. The fourth-order valence-electron chi connectivity index (χ4n) is 2.23. The van der Waals surface area contributed by atoms with E-state index in [9.17, 15) is 14.4 Å². The van der Waals surface area contributed by atoms with E-state index in [0.29, 0.717) is 11.6 Å². The number of Topliss-reactive ketones (excluding diaryl/α,β-unsaturated/α-hetero) is 1. The first-order valence-corrected chi connectivity index (χ1v) is 8.21. The molecule has 0 saturated heterocycles. The van der Waals surface area contributed by atoms with Gasteiger partial charge in [-0.3, -0.25) is 24.2 Å². The van der Waals surface area contributed by atoms with Crippen LogP contribution >= 0.6 is 11.8 Å². The molecule has 23 heavy (non-hydrogen) atoms. The molecule has 0 atom stereocenters. The summed E-state index contributed by atoms with van der Waals surface area (Å²) >= 11 is 1.11. The summed E-state index contributed by atoms with van der Waals surface area (Å²) in [6.45, 7) is 1.93. The molecule has 122 valence electrons. The number of rotatable bonds is 6. The first kappa shape index (κ1) is 15.5. The Morgan fingerprint density at radius 1 is 1.43 bits per heavy atom. The minimum Gasteiger partial charge on any atom is -0.384 e. The molecule has 0 bridgehead atoms. The summed E-state index contributed by atoms with van der Waals surface area (Å²) < 4.78 is 1.29. The number of thioether (sulfide) groups is 1. The number of aryl methyl sites for hydroxylation is 1. The molecule has 4 N–H and O–H groups in total. The van der Waals surface area contributed by atoms with Crippen LogP contribution in [0.4, 0.5) is 5.82 Å². The number of aromatic amines is 2. The van der Waals surface area contributed by atoms with E-state index in [1.54, 1.807) is 0 Å². The SMILES string of the molecule is CCc1nc(SCC(=O)c2c(N)n(C3CC3)c(=O)[nH]c2=O)n[nH]1. The number of aromatic nitrogens is 5. The lowest BCUT2D eigenvalue weighted by atomic mass is 10.2. The van der Waals surface area contributed by atoms with Crippen molar-refractivity contribution in [2.24, 2.45) is 0 Å². The molecule has 0 aliphatic heterocycles. The van der Waals surface area contributed by atoms with Gasteiger partial charge in [-0.1, -0.05) is 18.7 Å². The number of nitrogen functional groups attached to an aromatic ring is 1. The smallest absolute Gasteiger partial charge is 0.330 e. The van der Waals surface area contributed by atoms with Gasteiger partial charge in [-0.25, -0.2) is 9.78 Å². The fourth-order valence-corrected chi connectivity index (χ4v) is 2.92. The molecule has 0 amide bonds. The zero-order valence-corrected chi connectivity index (χ0v) is 13.3. The third kappa shape index (κ3) is 3.07. The molecular weight excluding hydrogens is 320 g/mol. The monoisotopic (exact) mass is 336 g/mol. The second-order valence-corrected chi connectivity index (χ2v) is 6.19. The van der Waals surface area contributed by atoms with Crippen LogP contribution in [0.5, 0.6) is 0 Å². The van der Waals surface area contributed by atoms with Crippen LogP contribution in [0, 0.1) is 0 Å². The van der Waals surface area contributed by atoms with E-state index in [1.807, 2.05) is 6.92 Å². The van der Waals surface area contributed by atoms with Gasteiger partial charge in [0.1, 0.15) is 17.2 Å². The standard InChI is InChI=1S/C13H16N6O3S/c1-2-8-15-12(18-17-8)23-5-7(20)9-10(14)19(6-3-4-6)13(22)16-11(9)21/h6H,2-5,14H2,1H3,(H,15,17,18)(H,16,21,22). The highest BCUT2D eigenvalue weighted by Gasteiger charge is 2.30. The molecule has 2 heterocycles. The van der Waals surface area contributed by atoms with Crippen molar-refractivity contribution < 1.29 is 4.79 Å². The Morgan fingerprint density at radius 2 is 2.17 bits per heavy atom. The third-order valence-corrected chi connectivity index (χ3v) is 4.40. The van der Waals surface area contributed by atoms with Gasteiger partial charge in [0.15, 0.2) is 5.78 Å². The second-order valence-electron chi connectivity index (χ2n) is 5.25. The molecule has 1 aliphatic carbocycles. The Morgan fingerprint density at radius 3 is 2.78 bits per heavy atom. The van der Waals surface area contributed by atoms with Crippen molar-refractivity contribution in [3.05, 3.63) is 32.2 Å². The van der Waals surface area contributed by atoms with E-state index in [4.69, 9.17) is 5.73 Å². The van der Waals surface area contributed by atoms with Crippen molar-refractivity contribution in [1.82, 2.24) is 24.7 Å². The molecule has 0 radical (unpaired) electrons. The number of nitrogens with two attached hydrogens (primary N) is 1. The Hall–Kier alpha value is -2.36. The van der Waals surface area contributed by atoms with Gasteiger partial charge in [0.25, 0.3) is 5.56 Å². The number of anilines is 1. The normalized spacial score (nSPS) is 14.1. The number of carbonyl (C=O) groups is 1. The Balaban J connectivity index is 1.83. The molecule has 2 aromatic rings. The molecule has 0 unspecified atom stereocenters. The van der Waals surface area contributed by atoms with Crippen LogP contribution in [-0.2, 0) is 6.42 Å². The van der Waals surface area contributed by atoms with Gasteiger partial charge in [0, 0.05) is 12.5 Å². The van der Waals surface area contributed by atoms with Crippen molar-refractivity contribution in [2.75, 3.05) is 11.5 Å². The molecule has 9 nitrogen and oxygen atoms in total. The maximum Gasteiger partial charge on any atom is 0.330 e.